The lowest BCUT2D eigenvalue weighted by atomic mass is 10.0. The highest BCUT2D eigenvalue weighted by Crippen LogP contribution is 2.27. The number of nitrogens with zero attached hydrogens (tertiary/aromatic N) is 3. The number of nitrogens with one attached hydrogen (secondary N) is 2. The van der Waals surface area contributed by atoms with Crippen molar-refractivity contribution >= 4 is 11.9 Å². The van der Waals surface area contributed by atoms with Gasteiger partial charge in [-0.3, -0.25) is 0 Å². The van der Waals surface area contributed by atoms with Gasteiger partial charge in [0, 0.05) is 13.6 Å². The lowest BCUT2D eigenvalue weighted by Gasteiger charge is -2.12. The third kappa shape index (κ3) is 4.51. The van der Waals surface area contributed by atoms with E-state index in [1.54, 1.807) is 7.05 Å². The Kier molecular flexibility index (Phi) is 5.38. The van der Waals surface area contributed by atoms with Gasteiger partial charge in [0.1, 0.15) is 0 Å². The van der Waals surface area contributed by atoms with Gasteiger partial charge in [-0.1, -0.05) is 25.7 Å². The molecule has 112 valence electrons. The van der Waals surface area contributed by atoms with E-state index in [9.17, 15) is 0 Å². The summed E-state index contributed by atoms with van der Waals surface area (Å²) < 4.78 is 5.53. The summed E-state index contributed by atoms with van der Waals surface area (Å²) in [4.78, 5) is 12.8. The SMILES string of the molecule is CNc1nc(NCCC2CCCC2)nc(OC(C)C)n1. The second kappa shape index (κ2) is 7.26. The quantitative estimate of drug-likeness (QED) is 0.799. The molecule has 2 rings (SSSR count). The molecule has 6 heteroatoms. The van der Waals surface area contributed by atoms with E-state index >= 15 is 0 Å². The molecule has 0 spiro atoms. The molecule has 1 heterocycles. The second-order valence-corrected chi connectivity index (χ2v) is 5.55. The smallest absolute Gasteiger partial charge is 0.323 e. The third-order valence-corrected chi connectivity index (χ3v) is 3.49. The normalized spacial score (nSPS) is 15.6. The van der Waals surface area contributed by atoms with Crippen LogP contribution in [-0.4, -0.2) is 34.6 Å². The Labute approximate surface area is 120 Å². The number of aromatic nitrogens is 3. The van der Waals surface area contributed by atoms with Crippen LogP contribution < -0.4 is 15.4 Å². The van der Waals surface area contributed by atoms with Crippen LogP contribution in [0.15, 0.2) is 0 Å². The Bertz CT molecular complexity index is 418. The first-order valence-electron chi connectivity index (χ1n) is 7.51. The van der Waals surface area contributed by atoms with E-state index in [0.717, 1.165) is 12.5 Å². The molecule has 1 fully saturated rings. The molecular weight excluding hydrogens is 254 g/mol. The molecule has 0 saturated heterocycles. The Morgan fingerprint density at radius 3 is 2.50 bits per heavy atom. The molecule has 0 radical (unpaired) electrons. The van der Waals surface area contributed by atoms with Gasteiger partial charge in [0.25, 0.3) is 0 Å². The molecular formula is C14H25N5O. The van der Waals surface area contributed by atoms with Gasteiger partial charge in [-0.25, -0.2) is 0 Å². The lowest BCUT2D eigenvalue weighted by molar-refractivity contribution is 0.222. The van der Waals surface area contributed by atoms with Crippen molar-refractivity contribution in [2.75, 3.05) is 24.2 Å². The largest absolute Gasteiger partial charge is 0.461 e. The van der Waals surface area contributed by atoms with Crippen molar-refractivity contribution in [1.29, 1.82) is 0 Å². The molecule has 20 heavy (non-hydrogen) atoms. The molecule has 1 aromatic rings. The zero-order chi connectivity index (χ0) is 14.4. The van der Waals surface area contributed by atoms with E-state index in [2.05, 4.69) is 25.6 Å². The highest BCUT2D eigenvalue weighted by atomic mass is 16.5. The van der Waals surface area contributed by atoms with Gasteiger partial charge in [-0.05, 0) is 26.2 Å². The fourth-order valence-corrected chi connectivity index (χ4v) is 2.50. The Balaban J connectivity index is 1.91. The van der Waals surface area contributed by atoms with Crippen molar-refractivity contribution in [3.05, 3.63) is 0 Å². The Morgan fingerprint density at radius 1 is 1.15 bits per heavy atom. The van der Waals surface area contributed by atoms with Crippen LogP contribution in [0, 0.1) is 5.92 Å². The number of ether oxygens (including phenoxy) is 1. The van der Waals surface area contributed by atoms with Gasteiger partial charge in [0.2, 0.25) is 11.9 Å². The molecule has 1 aliphatic rings. The minimum absolute atomic E-state index is 0.0495. The maximum atomic E-state index is 5.53. The van der Waals surface area contributed by atoms with Crippen LogP contribution in [0.3, 0.4) is 0 Å². The van der Waals surface area contributed by atoms with Crippen LogP contribution in [-0.2, 0) is 0 Å². The van der Waals surface area contributed by atoms with Crippen LogP contribution in [0.2, 0.25) is 0 Å². The highest BCUT2D eigenvalue weighted by Gasteiger charge is 2.14. The average molecular weight is 279 g/mol. The van der Waals surface area contributed by atoms with Crippen molar-refractivity contribution in [1.82, 2.24) is 15.0 Å². The summed E-state index contributed by atoms with van der Waals surface area (Å²) in [7, 11) is 1.79. The minimum atomic E-state index is 0.0495. The minimum Gasteiger partial charge on any atom is -0.461 e. The number of hydrogen-bond acceptors (Lipinski definition) is 6. The Morgan fingerprint density at radius 2 is 1.85 bits per heavy atom. The van der Waals surface area contributed by atoms with Gasteiger partial charge >= 0.3 is 6.01 Å². The number of anilines is 2. The molecule has 1 aromatic heterocycles. The lowest BCUT2D eigenvalue weighted by Crippen LogP contribution is -2.14. The summed E-state index contributed by atoms with van der Waals surface area (Å²) in [5.41, 5.74) is 0. The summed E-state index contributed by atoms with van der Waals surface area (Å²) in [6, 6.07) is 0.364. The molecule has 0 bridgehead atoms. The zero-order valence-electron chi connectivity index (χ0n) is 12.6. The summed E-state index contributed by atoms with van der Waals surface area (Å²) in [5.74, 6) is 1.97. The maximum Gasteiger partial charge on any atom is 0.323 e. The summed E-state index contributed by atoms with van der Waals surface area (Å²) in [5, 5.41) is 6.21. The van der Waals surface area contributed by atoms with Crippen molar-refractivity contribution in [3.8, 4) is 6.01 Å². The van der Waals surface area contributed by atoms with Gasteiger partial charge in [-0.2, -0.15) is 15.0 Å². The van der Waals surface area contributed by atoms with Crippen molar-refractivity contribution in [3.63, 3.8) is 0 Å². The van der Waals surface area contributed by atoms with Crippen LogP contribution in [0.4, 0.5) is 11.9 Å². The highest BCUT2D eigenvalue weighted by molar-refractivity contribution is 5.35. The fraction of sp³-hybridized carbons (Fsp3) is 0.786. The van der Waals surface area contributed by atoms with Gasteiger partial charge in [0.05, 0.1) is 6.10 Å². The standard InChI is InChI=1S/C14H25N5O/c1-10(2)20-14-18-12(15-3)17-13(19-14)16-9-8-11-6-4-5-7-11/h10-11H,4-9H2,1-3H3,(H2,15,16,17,18,19). The molecule has 1 saturated carbocycles. The molecule has 2 N–H and O–H groups in total. The van der Waals surface area contributed by atoms with E-state index < -0.39 is 0 Å². The summed E-state index contributed by atoms with van der Waals surface area (Å²) >= 11 is 0. The summed E-state index contributed by atoms with van der Waals surface area (Å²) in [6.45, 7) is 4.81. The van der Waals surface area contributed by atoms with Crippen LogP contribution in [0.1, 0.15) is 46.0 Å². The molecule has 6 nitrogen and oxygen atoms in total. The number of hydrogen-bond donors (Lipinski definition) is 2. The fourth-order valence-electron chi connectivity index (χ4n) is 2.50. The molecule has 0 atom stereocenters. The second-order valence-electron chi connectivity index (χ2n) is 5.55. The summed E-state index contributed by atoms with van der Waals surface area (Å²) in [6.07, 6.45) is 6.72. The van der Waals surface area contributed by atoms with E-state index in [1.807, 2.05) is 13.8 Å². The first kappa shape index (κ1) is 14.8. The van der Waals surface area contributed by atoms with E-state index in [1.165, 1.54) is 32.1 Å². The zero-order valence-corrected chi connectivity index (χ0v) is 12.6. The molecule has 0 unspecified atom stereocenters. The van der Waals surface area contributed by atoms with Crippen LogP contribution in [0.5, 0.6) is 6.01 Å². The molecule has 0 aliphatic heterocycles. The predicted octanol–water partition coefficient (Wildman–Crippen LogP) is 2.69. The third-order valence-electron chi connectivity index (χ3n) is 3.49. The molecule has 0 aromatic carbocycles. The van der Waals surface area contributed by atoms with Crippen LogP contribution in [0.25, 0.3) is 0 Å². The molecule has 0 amide bonds. The van der Waals surface area contributed by atoms with Crippen molar-refractivity contribution < 1.29 is 4.74 Å². The average Bonchev–Trinajstić information content (AvgIpc) is 2.91. The van der Waals surface area contributed by atoms with E-state index in [0.29, 0.717) is 17.9 Å². The maximum absolute atomic E-state index is 5.53. The Hall–Kier alpha value is -1.59. The predicted molar refractivity (Wildman–Crippen MR) is 80.2 cm³/mol. The van der Waals surface area contributed by atoms with Gasteiger partial charge < -0.3 is 15.4 Å². The van der Waals surface area contributed by atoms with E-state index in [4.69, 9.17) is 4.74 Å². The van der Waals surface area contributed by atoms with Crippen LogP contribution >= 0.6 is 0 Å². The topological polar surface area (TPSA) is 72.0 Å². The van der Waals surface area contributed by atoms with Crippen molar-refractivity contribution in [2.24, 2.45) is 5.92 Å². The van der Waals surface area contributed by atoms with Crippen molar-refractivity contribution in [2.45, 2.75) is 52.1 Å². The number of rotatable bonds is 7. The van der Waals surface area contributed by atoms with Gasteiger partial charge in [-0.15, -0.1) is 0 Å². The van der Waals surface area contributed by atoms with E-state index in [-0.39, 0.29) is 6.10 Å². The first-order valence-corrected chi connectivity index (χ1v) is 7.51. The first-order chi connectivity index (χ1) is 9.67. The molecule has 1 aliphatic carbocycles. The monoisotopic (exact) mass is 279 g/mol. The van der Waals surface area contributed by atoms with Gasteiger partial charge in [0.15, 0.2) is 0 Å².